The van der Waals surface area contributed by atoms with Gasteiger partial charge in [-0.15, -0.1) is 0 Å². The fraction of sp³-hybridized carbons (Fsp3) is 0.148. The van der Waals surface area contributed by atoms with E-state index in [0.717, 1.165) is 57.5 Å². The van der Waals surface area contributed by atoms with Crippen LogP contribution in [-0.2, 0) is 4.74 Å². The fourth-order valence-corrected chi connectivity index (χ4v) is 4.22. The van der Waals surface area contributed by atoms with Crippen molar-refractivity contribution in [2.75, 3.05) is 26.3 Å². The van der Waals surface area contributed by atoms with Crippen molar-refractivity contribution in [3.05, 3.63) is 103 Å². The summed E-state index contributed by atoms with van der Waals surface area (Å²) in [5.74, 6) is 0.709. The van der Waals surface area contributed by atoms with Crippen LogP contribution in [0.1, 0.15) is 5.56 Å². The zero-order chi connectivity index (χ0) is 22.6. The van der Waals surface area contributed by atoms with Gasteiger partial charge in [-0.1, -0.05) is 18.7 Å². The van der Waals surface area contributed by atoms with Gasteiger partial charge in [-0.25, -0.2) is 0 Å². The Hall–Kier alpha value is -4.03. The van der Waals surface area contributed by atoms with Crippen molar-refractivity contribution in [3.8, 4) is 11.1 Å². The number of pyridine rings is 2. The number of nitrogens with two attached hydrogens (primary N) is 1. The van der Waals surface area contributed by atoms with Crippen LogP contribution in [0.15, 0.2) is 102 Å². The molecule has 0 amide bonds. The van der Waals surface area contributed by atoms with Gasteiger partial charge in [0.15, 0.2) is 0 Å². The Bertz CT molecular complexity index is 1310. The molecule has 5 rings (SSSR count). The van der Waals surface area contributed by atoms with Crippen LogP contribution in [0.3, 0.4) is 0 Å². The maximum absolute atomic E-state index is 6.62. The number of benzene rings is 1. The summed E-state index contributed by atoms with van der Waals surface area (Å²) in [6, 6.07) is 12.4. The lowest BCUT2D eigenvalue weighted by molar-refractivity contribution is 0.0528. The van der Waals surface area contributed by atoms with E-state index in [9.17, 15) is 0 Å². The molecule has 0 spiro atoms. The van der Waals surface area contributed by atoms with Crippen LogP contribution in [0.2, 0.25) is 0 Å². The van der Waals surface area contributed by atoms with Crippen molar-refractivity contribution < 1.29 is 4.74 Å². The first-order chi connectivity index (χ1) is 16.2. The van der Waals surface area contributed by atoms with E-state index in [4.69, 9.17) is 10.5 Å². The topological polar surface area (TPSA) is 76.6 Å². The highest BCUT2D eigenvalue weighted by atomic mass is 16.5. The average molecular weight is 436 g/mol. The molecule has 3 heterocycles. The van der Waals surface area contributed by atoms with Crippen LogP contribution in [-0.4, -0.2) is 46.9 Å². The number of morpholine rings is 1. The van der Waals surface area contributed by atoms with Crippen LogP contribution in [0, 0.1) is 0 Å². The number of aromatic nitrogens is 2. The molecule has 1 aliphatic carbocycles. The van der Waals surface area contributed by atoms with Gasteiger partial charge in [0.05, 0.1) is 24.4 Å². The number of hydrogen-bond acceptors (Lipinski definition) is 6. The molecule has 0 saturated carbocycles. The third-order valence-corrected chi connectivity index (χ3v) is 5.92. The molecule has 0 radical (unpaired) electrons. The standard InChI is InChI=1S/C27H25N5O/c1-2-30-26-6-4-21(18-24(26)27(28)32-13-15-33-16-14-32)20-3-5-25-23(17-20)22(9-12-31-25)19-7-10-29-11-8-19/h2-12,17-18H,1,13-16,28H2/b27-24+,30-26-. The van der Waals surface area contributed by atoms with E-state index >= 15 is 0 Å². The molecule has 6 nitrogen and oxygen atoms in total. The molecular formula is C27H25N5O. The molecule has 6 heteroatoms. The Balaban J connectivity index is 1.61. The van der Waals surface area contributed by atoms with Crippen LogP contribution >= 0.6 is 0 Å². The van der Waals surface area contributed by atoms with Crippen LogP contribution in [0.4, 0.5) is 0 Å². The molecule has 2 aromatic heterocycles. The molecule has 1 aliphatic heterocycles. The second-order valence-corrected chi connectivity index (χ2v) is 7.85. The molecular weight excluding hydrogens is 410 g/mol. The SMILES string of the molecule is C=C/N=C1/C=CC(c2ccc3nccc(-c4ccncc4)c3c2)=C/C1=C(/N)N1CCOCC1. The lowest BCUT2D eigenvalue weighted by Gasteiger charge is -2.30. The summed E-state index contributed by atoms with van der Waals surface area (Å²) < 4.78 is 5.49. The first-order valence-electron chi connectivity index (χ1n) is 11.0. The second-order valence-electron chi connectivity index (χ2n) is 7.85. The second kappa shape index (κ2) is 9.22. The molecule has 1 aromatic carbocycles. The van der Waals surface area contributed by atoms with Gasteiger partial charge in [-0.2, -0.15) is 0 Å². The molecule has 33 heavy (non-hydrogen) atoms. The molecule has 164 valence electrons. The normalized spacial score (nSPS) is 19.0. The van der Waals surface area contributed by atoms with Crippen LogP contribution in [0.25, 0.3) is 27.6 Å². The average Bonchev–Trinajstić information content (AvgIpc) is 2.89. The van der Waals surface area contributed by atoms with Gasteiger partial charge in [-0.3, -0.25) is 15.0 Å². The monoisotopic (exact) mass is 435 g/mol. The third kappa shape index (κ3) is 4.21. The number of allylic oxidation sites excluding steroid dienone is 5. The summed E-state index contributed by atoms with van der Waals surface area (Å²) in [5.41, 5.74) is 13.7. The number of nitrogens with zero attached hydrogens (tertiary/aromatic N) is 4. The van der Waals surface area contributed by atoms with E-state index in [1.165, 1.54) is 0 Å². The Morgan fingerprint density at radius 3 is 2.64 bits per heavy atom. The van der Waals surface area contributed by atoms with Crippen LogP contribution in [0.5, 0.6) is 0 Å². The predicted octanol–water partition coefficient (Wildman–Crippen LogP) is 4.34. The van der Waals surface area contributed by atoms with E-state index in [1.54, 1.807) is 6.20 Å². The highest BCUT2D eigenvalue weighted by molar-refractivity contribution is 6.15. The van der Waals surface area contributed by atoms with Crippen molar-refractivity contribution in [2.24, 2.45) is 10.7 Å². The molecule has 1 fully saturated rings. The number of fused-ring (bicyclic) bond motifs is 1. The zero-order valence-corrected chi connectivity index (χ0v) is 18.3. The maximum Gasteiger partial charge on any atom is 0.108 e. The van der Waals surface area contributed by atoms with E-state index in [-0.39, 0.29) is 0 Å². The Labute approximate surface area is 193 Å². The lowest BCUT2D eigenvalue weighted by atomic mass is 9.92. The minimum absolute atomic E-state index is 0.670. The number of aliphatic imine (C=N–C) groups is 1. The highest BCUT2D eigenvalue weighted by Gasteiger charge is 2.19. The molecule has 0 bridgehead atoms. The Kier molecular flexibility index (Phi) is 5.83. The summed E-state index contributed by atoms with van der Waals surface area (Å²) in [5, 5.41) is 1.09. The van der Waals surface area contributed by atoms with Crippen molar-refractivity contribution in [1.82, 2.24) is 14.9 Å². The fourth-order valence-electron chi connectivity index (χ4n) is 4.22. The summed E-state index contributed by atoms with van der Waals surface area (Å²) in [7, 11) is 0. The smallest absolute Gasteiger partial charge is 0.108 e. The lowest BCUT2D eigenvalue weighted by Crippen LogP contribution is -2.39. The Morgan fingerprint density at radius 1 is 1.03 bits per heavy atom. The third-order valence-electron chi connectivity index (χ3n) is 5.92. The number of ether oxygens (including phenoxy) is 1. The first kappa shape index (κ1) is 20.8. The quantitative estimate of drug-likeness (QED) is 0.660. The van der Waals surface area contributed by atoms with Crippen molar-refractivity contribution >= 4 is 22.2 Å². The van der Waals surface area contributed by atoms with Crippen molar-refractivity contribution in [2.45, 2.75) is 0 Å². The minimum Gasteiger partial charge on any atom is -0.385 e. The minimum atomic E-state index is 0.670. The van der Waals surface area contributed by atoms with Gasteiger partial charge >= 0.3 is 0 Å². The first-order valence-corrected chi connectivity index (χ1v) is 11.0. The molecule has 1 saturated heterocycles. The van der Waals surface area contributed by atoms with Crippen molar-refractivity contribution in [1.29, 1.82) is 0 Å². The largest absolute Gasteiger partial charge is 0.385 e. The summed E-state index contributed by atoms with van der Waals surface area (Å²) in [6.45, 7) is 6.63. The highest BCUT2D eigenvalue weighted by Crippen LogP contribution is 2.32. The van der Waals surface area contributed by atoms with Crippen LogP contribution < -0.4 is 5.73 Å². The van der Waals surface area contributed by atoms with Gasteiger partial charge in [0.25, 0.3) is 0 Å². The van der Waals surface area contributed by atoms with Gasteiger partial charge in [0, 0.05) is 48.8 Å². The van der Waals surface area contributed by atoms with Gasteiger partial charge < -0.3 is 15.4 Å². The van der Waals surface area contributed by atoms with E-state index in [2.05, 4.69) is 56.8 Å². The number of hydrogen-bond donors (Lipinski definition) is 1. The molecule has 3 aromatic rings. The molecule has 2 N–H and O–H groups in total. The summed E-state index contributed by atoms with van der Waals surface area (Å²) in [6.07, 6.45) is 13.2. The van der Waals surface area contributed by atoms with Gasteiger partial charge in [0.1, 0.15) is 5.82 Å². The predicted molar refractivity (Wildman–Crippen MR) is 133 cm³/mol. The van der Waals surface area contributed by atoms with Gasteiger partial charge in [0.2, 0.25) is 0 Å². The van der Waals surface area contributed by atoms with E-state index in [1.807, 2.05) is 42.9 Å². The van der Waals surface area contributed by atoms with Crippen molar-refractivity contribution in [3.63, 3.8) is 0 Å². The summed E-state index contributed by atoms with van der Waals surface area (Å²) in [4.78, 5) is 15.3. The molecule has 2 aliphatic rings. The molecule has 0 unspecified atom stereocenters. The molecule has 0 atom stereocenters. The Morgan fingerprint density at radius 2 is 1.85 bits per heavy atom. The zero-order valence-electron chi connectivity index (χ0n) is 18.3. The maximum atomic E-state index is 6.62. The summed E-state index contributed by atoms with van der Waals surface area (Å²) >= 11 is 0. The van der Waals surface area contributed by atoms with Gasteiger partial charge in [-0.05, 0) is 64.7 Å². The van der Waals surface area contributed by atoms with E-state index < -0.39 is 0 Å². The van der Waals surface area contributed by atoms with E-state index in [0.29, 0.717) is 19.0 Å². The number of rotatable bonds is 4.